The Kier molecular flexibility index (Phi) is 5.32. The molecule has 1 aliphatic carbocycles. The van der Waals surface area contributed by atoms with Crippen molar-refractivity contribution < 1.29 is 19.0 Å². The number of hydrogen-bond donors (Lipinski definition) is 0. The molecule has 2 aromatic carbocycles. The molecule has 0 radical (unpaired) electrons. The van der Waals surface area contributed by atoms with Crippen LogP contribution in [0.5, 0.6) is 5.75 Å². The van der Waals surface area contributed by atoms with E-state index in [-0.39, 0.29) is 29.8 Å². The molecule has 2 aromatic rings. The van der Waals surface area contributed by atoms with Gasteiger partial charge in [0.2, 0.25) is 0 Å². The van der Waals surface area contributed by atoms with Crippen LogP contribution in [0.4, 0.5) is 0 Å². The molecule has 5 heteroatoms. The maximum atomic E-state index is 13.3. The summed E-state index contributed by atoms with van der Waals surface area (Å²) in [6.45, 7) is 2.37. The molecular weight excluding hydrogens is 378 g/mol. The Balaban J connectivity index is 1.33. The van der Waals surface area contributed by atoms with Gasteiger partial charge in [0.05, 0.1) is 37.7 Å². The van der Waals surface area contributed by atoms with Crippen molar-refractivity contribution in [3.63, 3.8) is 0 Å². The first-order valence-electron chi connectivity index (χ1n) is 10.6. The summed E-state index contributed by atoms with van der Waals surface area (Å²) >= 11 is 0. The first-order valence-corrected chi connectivity index (χ1v) is 10.6. The van der Waals surface area contributed by atoms with Crippen molar-refractivity contribution in [2.45, 2.75) is 31.6 Å². The smallest absolute Gasteiger partial charge is 0.173 e. The second-order valence-electron chi connectivity index (χ2n) is 8.40. The van der Waals surface area contributed by atoms with E-state index in [1.807, 2.05) is 30.3 Å². The van der Waals surface area contributed by atoms with Gasteiger partial charge in [-0.2, -0.15) is 0 Å². The molecule has 2 fully saturated rings. The van der Waals surface area contributed by atoms with Gasteiger partial charge >= 0.3 is 0 Å². The summed E-state index contributed by atoms with van der Waals surface area (Å²) in [5.74, 6) is 1.07. The van der Waals surface area contributed by atoms with Crippen molar-refractivity contribution in [1.82, 2.24) is 4.90 Å². The normalized spacial score (nSPS) is 28.7. The quantitative estimate of drug-likeness (QED) is 0.772. The standard InChI is InChI=1S/C25H27NO4/c1-28-19-9-7-18(8-10-19)22-15-29-25-20(24(22)27)11-12-23-21(25)14-26(16-30-23)13-17-5-3-2-4-6-17/h2-10,15,20-21,23,25H,11-14,16H2,1H3. The minimum Gasteiger partial charge on any atom is -0.497 e. The van der Waals surface area contributed by atoms with Gasteiger partial charge in [-0.25, -0.2) is 0 Å². The maximum absolute atomic E-state index is 13.3. The molecule has 1 saturated carbocycles. The largest absolute Gasteiger partial charge is 0.497 e. The van der Waals surface area contributed by atoms with Gasteiger partial charge in [-0.3, -0.25) is 9.69 Å². The van der Waals surface area contributed by atoms with E-state index in [1.165, 1.54) is 5.56 Å². The highest BCUT2D eigenvalue weighted by molar-refractivity contribution is 6.22. The third-order valence-electron chi connectivity index (χ3n) is 6.59. The molecule has 3 aliphatic rings. The predicted octanol–water partition coefficient (Wildman–Crippen LogP) is 3.89. The van der Waals surface area contributed by atoms with Crippen LogP contribution in [0.15, 0.2) is 60.9 Å². The summed E-state index contributed by atoms with van der Waals surface area (Å²) in [5.41, 5.74) is 2.82. The third kappa shape index (κ3) is 3.64. The summed E-state index contributed by atoms with van der Waals surface area (Å²) in [4.78, 5) is 15.6. The number of allylic oxidation sites excluding steroid dienone is 1. The average Bonchev–Trinajstić information content (AvgIpc) is 2.80. The molecule has 4 atom stereocenters. The number of carbonyl (C=O) groups is 1. The van der Waals surface area contributed by atoms with Crippen molar-refractivity contribution in [2.75, 3.05) is 20.4 Å². The Hall–Kier alpha value is -2.63. The van der Waals surface area contributed by atoms with Crippen LogP contribution in [0.1, 0.15) is 24.0 Å². The van der Waals surface area contributed by atoms with Crippen LogP contribution in [0.3, 0.4) is 0 Å². The topological polar surface area (TPSA) is 48.0 Å². The summed E-state index contributed by atoms with van der Waals surface area (Å²) in [7, 11) is 1.64. The van der Waals surface area contributed by atoms with Crippen LogP contribution in [0, 0.1) is 11.8 Å². The zero-order valence-corrected chi connectivity index (χ0v) is 17.2. The lowest BCUT2D eigenvalue weighted by Gasteiger charge is -2.48. The van der Waals surface area contributed by atoms with E-state index in [0.717, 1.165) is 37.2 Å². The Morgan fingerprint density at radius 2 is 1.87 bits per heavy atom. The van der Waals surface area contributed by atoms with E-state index in [4.69, 9.17) is 14.2 Å². The van der Waals surface area contributed by atoms with Crippen LogP contribution in [0.2, 0.25) is 0 Å². The lowest BCUT2D eigenvalue weighted by atomic mass is 9.71. The Morgan fingerprint density at radius 3 is 2.63 bits per heavy atom. The summed E-state index contributed by atoms with van der Waals surface area (Å²) in [6.07, 6.45) is 3.45. The predicted molar refractivity (Wildman–Crippen MR) is 114 cm³/mol. The van der Waals surface area contributed by atoms with E-state index in [1.54, 1.807) is 13.4 Å². The molecule has 0 spiro atoms. The SMILES string of the molecule is COc1ccc(C2=COC3C(CCC4OCN(Cc5ccccc5)CC43)C2=O)cc1. The average molecular weight is 405 g/mol. The summed E-state index contributed by atoms with van der Waals surface area (Å²) in [6, 6.07) is 18.0. The van der Waals surface area contributed by atoms with E-state index < -0.39 is 0 Å². The number of fused-ring (bicyclic) bond motifs is 3. The number of carbonyl (C=O) groups excluding carboxylic acids is 1. The van der Waals surface area contributed by atoms with E-state index in [2.05, 4.69) is 29.2 Å². The van der Waals surface area contributed by atoms with Crippen LogP contribution < -0.4 is 4.74 Å². The van der Waals surface area contributed by atoms with Gasteiger partial charge in [0.1, 0.15) is 11.9 Å². The number of nitrogens with zero attached hydrogens (tertiary/aromatic N) is 1. The van der Waals surface area contributed by atoms with E-state index in [9.17, 15) is 4.79 Å². The third-order valence-corrected chi connectivity index (χ3v) is 6.59. The number of rotatable bonds is 4. The lowest BCUT2D eigenvalue weighted by Crippen LogP contribution is -2.56. The molecule has 1 saturated heterocycles. The van der Waals surface area contributed by atoms with Gasteiger partial charge in [-0.1, -0.05) is 42.5 Å². The Morgan fingerprint density at radius 1 is 1.07 bits per heavy atom. The monoisotopic (exact) mass is 405 g/mol. The van der Waals surface area contributed by atoms with Gasteiger partial charge in [0, 0.05) is 19.0 Å². The minimum atomic E-state index is -0.114. The molecule has 156 valence electrons. The van der Waals surface area contributed by atoms with Crippen molar-refractivity contribution in [3.8, 4) is 5.75 Å². The van der Waals surface area contributed by atoms with Gasteiger partial charge in [0.15, 0.2) is 5.78 Å². The maximum Gasteiger partial charge on any atom is 0.173 e. The molecule has 5 nitrogen and oxygen atoms in total. The fraction of sp³-hybridized carbons (Fsp3) is 0.400. The molecule has 4 unspecified atom stereocenters. The molecular formula is C25H27NO4. The number of benzene rings is 2. The zero-order valence-electron chi connectivity index (χ0n) is 17.2. The number of Topliss-reactive ketones (excluding diaryl/α,β-unsaturated/α-hetero) is 1. The van der Waals surface area contributed by atoms with Crippen LogP contribution in [-0.2, 0) is 20.8 Å². The van der Waals surface area contributed by atoms with Crippen LogP contribution in [-0.4, -0.2) is 43.3 Å². The summed E-state index contributed by atoms with van der Waals surface area (Å²) in [5, 5.41) is 0. The van der Waals surface area contributed by atoms with Crippen molar-refractivity contribution in [3.05, 3.63) is 72.0 Å². The van der Waals surface area contributed by atoms with Crippen molar-refractivity contribution in [2.24, 2.45) is 11.8 Å². The molecule has 2 aliphatic heterocycles. The number of methoxy groups -OCH3 is 1. The van der Waals surface area contributed by atoms with Crippen LogP contribution in [0.25, 0.3) is 5.57 Å². The molecule has 2 heterocycles. The fourth-order valence-electron chi connectivity index (χ4n) is 5.03. The van der Waals surface area contributed by atoms with E-state index in [0.29, 0.717) is 12.3 Å². The number of ether oxygens (including phenoxy) is 3. The first-order chi connectivity index (χ1) is 14.7. The fourth-order valence-corrected chi connectivity index (χ4v) is 5.03. The Bertz CT molecular complexity index is 924. The number of ketones is 1. The zero-order chi connectivity index (χ0) is 20.5. The van der Waals surface area contributed by atoms with Crippen molar-refractivity contribution in [1.29, 1.82) is 0 Å². The molecule has 0 N–H and O–H groups in total. The molecule has 5 rings (SSSR count). The van der Waals surface area contributed by atoms with Crippen molar-refractivity contribution >= 4 is 11.4 Å². The van der Waals surface area contributed by atoms with Gasteiger partial charge in [-0.05, 0) is 36.1 Å². The lowest BCUT2D eigenvalue weighted by molar-refractivity contribution is -0.171. The molecule has 0 aromatic heterocycles. The number of hydrogen-bond acceptors (Lipinski definition) is 5. The highest BCUT2D eigenvalue weighted by Crippen LogP contribution is 2.42. The molecule has 0 bridgehead atoms. The van der Waals surface area contributed by atoms with Gasteiger partial charge < -0.3 is 14.2 Å². The first kappa shape index (κ1) is 19.3. The van der Waals surface area contributed by atoms with E-state index >= 15 is 0 Å². The van der Waals surface area contributed by atoms with Gasteiger partial charge in [0.25, 0.3) is 0 Å². The molecule has 30 heavy (non-hydrogen) atoms. The highest BCUT2D eigenvalue weighted by atomic mass is 16.5. The highest BCUT2D eigenvalue weighted by Gasteiger charge is 2.49. The second kappa shape index (κ2) is 8.25. The van der Waals surface area contributed by atoms with Gasteiger partial charge in [-0.15, -0.1) is 0 Å². The van der Waals surface area contributed by atoms with Crippen LogP contribution >= 0.6 is 0 Å². The minimum absolute atomic E-state index is 0.103. The Labute approximate surface area is 177 Å². The summed E-state index contributed by atoms with van der Waals surface area (Å²) < 4.78 is 17.6. The molecule has 0 amide bonds. The second-order valence-corrected chi connectivity index (χ2v) is 8.40.